The molecule has 10 heteroatoms. The molecule has 0 heterocycles. The first-order valence-electron chi connectivity index (χ1n) is 14.2. The number of amides is 2. The van der Waals surface area contributed by atoms with E-state index in [0.29, 0.717) is 25.9 Å². The molecule has 3 rings (SSSR count). The van der Waals surface area contributed by atoms with Crippen LogP contribution in [0.3, 0.4) is 0 Å². The third-order valence-corrected chi connectivity index (χ3v) is 5.88. The maximum atomic E-state index is 12.0. The fourth-order valence-electron chi connectivity index (χ4n) is 4.10. The van der Waals surface area contributed by atoms with Gasteiger partial charge in [0.25, 0.3) is 0 Å². The number of carboxylic acid groups (broad SMARTS) is 2. The van der Waals surface area contributed by atoms with Gasteiger partial charge in [-0.15, -0.1) is 0 Å². The standard InChI is InChI=1S/C22H21NO4.C12H19NO4/c24-21(25)13-3-1-2-8-14-23-22(26)27-15-20-18-11-6-4-9-16(18)17-10-5-7-12-19(17)20;1-12(2,3)17-11(16)13-9-7-5-4-6-8-10(14)15/h1-7,9-13,20H,8,14-15H2,(H,23,26)(H,24,25);4-6,8H,7,9H2,1-3H3,(H,13,16)(H,14,15)/b2-1+,13-3+;5-4+,8-6+. The summed E-state index contributed by atoms with van der Waals surface area (Å²) in [7, 11) is 0. The number of alkyl carbamates (subject to hydrolysis) is 2. The normalized spacial score (nSPS) is 12.5. The first-order valence-corrected chi connectivity index (χ1v) is 14.2. The minimum absolute atomic E-state index is 0.0456. The Balaban J connectivity index is 0.000000345. The van der Waals surface area contributed by atoms with Crippen molar-refractivity contribution in [3.05, 3.63) is 108 Å². The molecular formula is C34H40N2O8. The number of hydrogen-bond donors (Lipinski definition) is 4. The third kappa shape index (κ3) is 13.7. The highest BCUT2D eigenvalue weighted by atomic mass is 16.6. The largest absolute Gasteiger partial charge is 0.478 e. The van der Waals surface area contributed by atoms with Crippen LogP contribution in [0, 0.1) is 0 Å². The first kappa shape index (κ1) is 35.1. The Morgan fingerprint density at radius 1 is 0.727 bits per heavy atom. The summed E-state index contributed by atoms with van der Waals surface area (Å²) in [5, 5.41) is 22.1. The van der Waals surface area contributed by atoms with Crippen molar-refractivity contribution in [1.82, 2.24) is 10.6 Å². The van der Waals surface area contributed by atoms with Crippen molar-refractivity contribution < 1.29 is 38.9 Å². The second-order valence-corrected chi connectivity index (χ2v) is 10.5. The maximum absolute atomic E-state index is 12.0. The topological polar surface area (TPSA) is 151 Å². The Morgan fingerprint density at radius 2 is 1.18 bits per heavy atom. The van der Waals surface area contributed by atoms with Crippen LogP contribution in [0.1, 0.15) is 50.7 Å². The summed E-state index contributed by atoms with van der Waals surface area (Å²) in [5.41, 5.74) is 4.26. The summed E-state index contributed by atoms with van der Waals surface area (Å²) < 4.78 is 10.5. The van der Waals surface area contributed by atoms with Crippen LogP contribution >= 0.6 is 0 Å². The summed E-state index contributed by atoms with van der Waals surface area (Å²) in [5.74, 6) is -1.93. The highest BCUT2D eigenvalue weighted by Gasteiger charge is 2.28. The Hall–Kier alpha value is -5.12. The molecule has 2 aromatic rings. The van der Waals surface area contributed by atoms with Crippen LogP contribution in [-0.2, 0) is 19.1 Å². The molecular weight excluding hydrogens is 564 g/mol. The first-order chi connectivity index (χ1) is 21.0. The van der Waals surface area contributed by atoms with Crippen LogP contribution in [0.5, 0.6) is 0 Å². The maximum Gasteiger partial charge on any atom is 0.407 e. The molecule has 0 bridgehead atoms. The van der Waals surface area contributed by atoms with Crippen molar-refractivity contribution >= 4 is 24.1 Å². The van der Waals surface area contributed by atoms with Crippen molar-refractivity contribution in [1.29, 1.82) is 0 Å². The fraction of sp³-hybridized carbons (Fsp3) is 0.294. The molecule has 0 atom stereocenters. The van der Waals surface area contributed by atoms with Gasteiger partial charge in [-0.25, -0.2) is 19.2 Å². The van der Waals surface area contributed by atoms with Crippen LogP contribution in [0.2, 0.25) is 0 Å². The van der Waals surface area contributed by atoms with E-state index in [0.717, 1.165) is 12.2 Å². The van der Waals surface area contributed by atoms with Gasteiger partial charge in [0.1, 0.15) is 12.2 Å². The molecule has 0 spiro atoms. The number of ether oxygens (including phenoxy) is 2. The number of nitrogens with one attached hydrogen (secondary N) is 2. The van der Waals surface area contributed by atoms with Gasteiger partial charge in [0.15, 0.2) is 0 Å². The molecule has 4 N–H and O–H groups in total. The molecule has 10 nitrogen and oxygen atoms in total. The minimum atomic E-state index is -0.989. The van der Waals surface area contributed by atoms with Crippen LogP contribution < -0.4 is 10.6 Å². The summed E-state index contributed by atoms with van der Waals surface area (Å²) in [6.45, 7) is 6.55. The Kier molecular flexibility index (Phi) is 14.7. The van der Waals surface area contributed by atoms with Gasteiger partial charge < -0.3 is 30.3 Å². The van der Waals surface area contributed by atoms with E-state index in [-0.39, 0.29) is 12.5 Å². The number of aliphatic carboxylic acids is 2. The van der Waals surface area contributed by atoms with E-state index in [4.69, 9.17) is 19.7 Å². The highest BCUT2D eigenvalue weighted by molar-refractivity contribution is 5.80. The predicted molar refractivity (Wildman–Crippen MR) is 168 cm³/mol. The fourth-order valence-corrected chi connectivity index (χ4v) is 4.10. The Morgan fingerprint density at radius 3 is 1.64 bits per heavy atom. The average molecular weight is 605 g/mol. The Bertz CT molecular complexity index is 1340. The lowest BCUT2D eigenvalue weighted by molar-refractivity contribution is -0.132. The van der Waals surface area contributed by atoms with Crippen molar-refractivity contribution in [2.75, 3.05) is 19.7 Å². The highest BCUT2D eigenvalue weighted by Crippen LogP contribution is 2.44. The monoisotopic (exact) mass is 604 g/mol. The van der Waals surface area contributed by atoms with Gasteiger partial charge >= 0.3 is 24.1 Å². The van der Waals surface area contributed by atoms with Crippen LogP contribution in [0.4, 0.5) is 9.59 Å². The van der Waals surface area contributed by atoms with Crippen LogP contribution in [-0.4, -0.2) is 59.6 Å². The van der Waals surface area contributed by atoms with Crippen molar-refractivity contribution in [3.63, 3.8) is 0 Å². The number of fused-ring (bicyclic) bond motifs is 3. The summed E-state index contributed by atoms with van der Waals surface area (Å²) >= 11 is 0. The molecule has 0 aliphatic heterocycles. The van der Waals surface area contributed by atoms with E-state index in [1.54, 1.807) is 45.1 Å². The molecule has 0 saturated carbocycles. The number of benzene rings is 2. The van der Waals surface area contributed by atoms with Gasteiger partial charge in [0, 0.05) is 31.2 Å². The second-order valence-electron chi connectivity index (χ2n) is 10.5. The summed E-state index contributed by atoms with van der Waals surface area (Å²) in [6.07, 6.45) is 12.0. The van der Waals surface area contributed by atoms with Crippen molar-refractivity contribution in [3.8, 4) is 11.1 Å². The summed E-state index contributed by atoms with van der Waals surface area (Å²) in [6, 6.07) is 16.4. The molecule has 1 aliphatic rings. The van der Waals surface area contributed by atoms with Gasteiger partial charge in [-0.1, -0.05) is 85.0 Å². The lowest BCUT2D eigenvalue weighted by atomic mass is 9.98. The molecule has 0 unspecified atom stereocenters. The quantitative estimate of drug-likeness (QED) is 0.127. The number of carbonyl (C=O) groups excluding carboxylic acids is 2. The lowest BCUT2D eigenvalue weighted by Gasteiger charge is -2.19. The molecule has 0 saturated heterocycles. The minimum Gasteiger partial charge on any atom is -0.478 e. The molecule has 234 valence electrons. The summed E-state index contributed by atoms with van der Waals surface area (Å²) in [4.78, 5) is 43.6. The van der Waals surface area contributed by atoms with Gasteiger partial charge in [-0.3, -0.25) is 0 Å². The number of carbonyl (C=O) groups is 4. The number of hydrogen-bond acceptors (Lipinski definition) is 6. The molecule has 2 aromatic carbocycles. The number of allylic oxidation sites excluding steroid dienone is 4. The predicted octanol–water partition coefficient (Wildman–Crippen LogP) is 6.21. The zero-order valence-corrected chi connectivity index (χ0v) is 25.2. The number of carboxylic acids is 2. The zero-order chi connectivity index (χ0) is 32.4. The van der Waals surface area contributed by atoms with Crippen molar-refractivity contribution in [2.45, 2.75) is 45.1 Å². The molecule has 2 amide bonds. The van der Waals surface area contributed by atoms with Crippen LogP contribution in [0.15, 0.2) is 97.1 Å². The Labute approximate surface area is 257 Å². The molecule has 0 fully saturated rings. The SMILES string of the molecule is CC(C)(C)OC(=O)NCC/C=C/C=C/C(=O)O.O=C(O)/C=C/C=C/CCNC(=O)OCC1c2ccccc2-c2ccccc21. The van der Waals surface area contributed by atoms with E-state index in [1.807, 2.05) is 24.3 Å². The smallest absolute Gasteiger partial charge is 0.407 e. The van der Waals surface area contributed by atoms with E-state index < -0.39 is 29.7 Å². The van der Waals surface area contributed by atoms with E-state index in [1.165, 1.54) is 34.4 Å². The second kappa shape index (κ2) is 18.4. The number of rotatable bonds is 12. The van der Waals surface area contributed by atoms with Gasteiger partial charge in [0.2, 0.25) is 0 Å². The average Bonchev–Trinajstić information content (AvgIpc) is 3.28. The van der Waals surface area contributed by atoms with E-state index in [9.17, 15) is 19.2 Å². The molecule has 0 aromatic heterocycles. The van der Waals surface area contributed by atoms with Gasteiger partial charge in [0.05, 0.1) is 0 Å². The molecule has 44 heavy (non-hydrogen) atoms. The lowest BCUT2D eigenvalue weighted by Crippen LogP contribution is -2.32. The van der Waals surface area contributed by atoms with Crippen molar-refractivity contribution in [2.24, 2.45) is 0 Å². The van der Waals surface area contributed by atoms with E-state index in [2.05, 4.69) is 34.9 Å². The van der Waals surface area contributed by atoms with Gasteiger partial charge in [-0.2, -0.15) is 0 Å². The molecule has 0 radical (unpaired) electrons. The third-order valence-electron chi connectivity index (χ3n) is 5.88. The zero-order valence-electron chi connectivity index (χ0n) is 25.2. The van der Waals surface area contributed by atoms with Gasteiger partial charge in [-0.05, 0) is 55.9 Å². The molecule has 1 aliphatic carbocycles. The van der Waals surface area contributed by atoms with Crippen LogP contribution in [0.25, 0.3) is 11.1 Å². The van der Waals surface area contributed by atoms with E-state index >= 15 is 0 Å².